The van der Waals surface area contributed by atoms with Gasteiger partial charge in [-0.05, 0) is 0 Å². The molecule has 0 saturated carbocycles. The first-order valence-corrected chi connectivity index (χ1v) is 3.51. The molecule has 0 unspecified atom stereocenters. The lowest BCUT2D eigenvalue weighted by Gasteiger charge is -1.84. The summed E-state index contributed by atoms with van der Waals surface area (Å²) in [5, 5.41) is 6.61. The molecule has 0 radical (unpaired) electrons. The van der Waals surface area contributed by atoms with E-state index in [2.05, 4.69) is 0 Å². The van der Waals surface area contributed by atoms with Crippen LogP contribution in [0.4, 0.5) is 0 Å². The molecule has 0 saturated heterocycles. The average Bonchev–Trinajstić information content (AvgIpc) is 1.61. The minimum Gasteiger partial charge on any atom is -0.379 e. The second-order valence-corrected chi connectivity index (χ2v) is 2.79. The number of hydrogen-bond donors (Lipinski definition) is 2. The molecule has 0 aromatic carbocycles. The summed E-state index contributed by atoms with van der Waals surface area (Å²) in [4.78, 5) is 0. The summed E-state index contributed by atoms with van der Waals surface area (Å²) in [7, 11) is 0.0324. The molecule has 0 rings (SSSR count). The molecular weight excluding hydrogens is 131 g/mol. The largest absolute Gasteiger partial charge is 0.379 e. The van der Waals surface area contributed by atoms with Crippen LogP contribution in [0.3, 0.4) is 0 Å². The van der Waals surface area contributed by atoms with Gasteiger partial charge in [0.1, 0.15) is 0 Å². The summed E-state index contributed by atoms with van der Waals surface area (Å²) in [6.45, 7) is 0. The van der Waals surface area contributed by atoms with Crippen molar-refractivity contribution < 1.29 is 4.57 Å². The molecule has 0 amide bonds. The standard InChI is InChI=1S/C2H5N2OPS/c3-2(4)7-1-6-5/h1H2,(H3,3,4). The van der Waals surface area contributed by atoms with Crippen LogP contribution < -0.4 is 5.73 Å². The normalized spacial score (nSPS) is 9.14. The van der Waals surface area contributed by atoms with Crippen molar-refractivity contribution in [2.45, 2.75) is 0 Å². The lowest BCUT2D eigenvalue weighted by molar-refractivity contribution is 0.601. The fraction of sp³-hybridized carbons (Fsp3) is 0.500. The zero-order valence-electron chi connectivity index (χ0n) is 3.55. The van der Waals surface area contributed by atoms with Crippen LogP contribution in [-0.4, -0.2) is 10.7 Å². The molecule has 40 valence electrons. The molecule has 3 N–H and O–H groups in total. The second kappa shape index (κ2) is 4.09. The maximum atomic E-state index is 9.63. The van der Waals surface area contributed by atoms with E-state index in [9.17, 15) is 4.57 Å². The van der Waals surface area contributed by atoms with Gasteiger partial charge >= 0.3 is 0 Å². The molecule has 7 heavy (non-hydrogen) atoms. The van der Waals surface area contributed by atoms with Gasteiger partial charge in [-0.2, -0.15) is 0 Å². The minimum absolute atomic E-state index is 0.0170. The molecule has 3 nitrogen and oxygen atoms in total. The Balaban J connectivity index is 2.97. The lowest BCUT2D eigenvalue weighted by atomic mass is 11.4. The fourth-order valence-electron chi connectivity index (χ4n) is 0.0959. The first kappa shape index (κ1) is 6.92. The van der Waals surface area contributed by atoms with Crippen LogP contribution >= 0.6 is 20.2 Å². The van der Waals surface area contributed by atoms with Crippen molar-refractivity contribution >= 4 is 25.4 Å². The Morgan fingerprint density at radius 3 is 2.71 bits per heavy atom. The van der Waals surface area contributed by atoms with E-state index in [4.69, 9.17) is 11.1 Å². The van der Waals surface area contributed by atoms with Crippen molar-refractivity contribution in [3.05, 3.63) is 0 Å². The summed E-state index contributed by atoms with van der Waals surface area (Å²) >= 11 is 1.07. The Morgan fingerprint density at radius 1 is 2.00 bits per heavy atom. The van der Waals surface area contributed by atoms with E-state index >= 15 is 0 Å². The van der Waals surface area contributed by atoms with E-state index in [0.717, 1.165) is 11.8 Å². The summed E-state index contributed by atoms with van der Waals surface area (Å²) in [5.74, 6) is 0. The van der Waals surface area contributed by atoms with E-state index in [1.807, 2.05) is 0 Å². The third-order valence-corrected chi connectivity index (χ3v) is 1.52. The maximum Gasteiger partial charge on any atom is 0.166 e. The fourth-order valence-corrected chi connectivity index (χ4v) is 0.863. The van der Waals surface area contributed by atoms with Gasteiger partial charge < -0.3 is 5.73 Å². The molecular formula is C2H5N2OPS. The van der Waals surface area contributed by atoms with Gasteiger partial charge in [0.05, 0.1) is 5.49 Å². The molecule has 0 spiro atoms. The Labute approximate surface area is 47.4 Å². The van der Waals surface area contributed by atoms with Gasteiger partial charge in [0.25, 0.3) is 0 Å². The first-order chi connectivity index (χ1) is 3.27. The van der Waals surface area contributed by atoms with Crippen molar-refractivity contribution in [2.24, 2.45) is 5.73 Å². The Hall–Kier alpha value is -0.0800. The molecule has 0 aliphatic heterocycles. The van der Waals surface area contributed by atoms with Gasteiger partial charge in [-0.15, -0.1) is 0 Å². The molecule has 0 aliphatic carbocycles. The van der Waals surface area contributed by atoms with E-state index in [-0.39, 0.29) is 13.6 Å². The zero-order valence-corrected chi connectivity index (χ0v) is 5.26. The van der Waals surface area contributed by atoms with Crippen LogP contribution in [-0.2, 0) is 4.57 Å². The SMILES string of the molecule is N=C(N)SCP=O. The lowest BCUT2D eigenvalue weighted by Crippen LogP contribution is -2.02. The highest BCUT2D eigenvalue weighted by Crippen LogP contribution is 2.05. The van der Waals surface area contributed by atoms with Crippen LogP contribution in [0.5, 0.6) is 0 Å². The van der Waals surface area contributed by atoms with Crippen molar-refractivity contribution in [1.29, 1.82) is 5.41 Å². The molecule has 5 heteroatoms. The van der Waals surface area contributed by atoms with E-state index in [1.165, 1.54) is 0 Å². The first-order valence-electron chi connectivity index (χ1n) is 1.53. The van der Waals surface area contributed by atoms with Crippen LogP contribution in [0.15, 0.2) is 0 Å². The number of rotatable bonds is 2. The van der Waals surface area contributed by atoms with Crippen molar-refractivity contribution in [2.75, 3.05) is 5.49 Å². The molecule has 0 heterocycles. The Kier molecular flexibility index (Phi) is 4.04. The van der Waals surface area contributed by atoms with Gasteiger partial charge in [0.2, 0.25) is 0 Å². The number of hydrogen-bond acceptors (Lipinski definition) is 3. The van der Waals surface area contributed by atoms with Gasteiger partial charge in [-0.1, -0.05) is 11.8 Å². The van der Waals surface area contributed by atoms with E-state index in [0.29, 0.717) is 5.49 Å². The van der Waals surface area contributed by atoms with Crippen molar-refractivity contribution in [3.8, 4) is 0 Å². The highest BCUT2D eigenvalue weighted by molar-refractivity contribution is 8.16. The molecule has 0 fully saturated rings. The van der Waals surface area contributed by atoms with Crippen molar-refractivity contribution in [1.82, 2.24) is 0 Å². The number of nitrogens with two attached hydrogens (primary N) is 1. The predicted molar refractivity (Wildman–Crippen MR) is 32.0 cm³/mol. The quantitative estimate of drug-likeness (QED) is 0.336. The van der Waals surface area contributed by atoms with Gasteiger partial charge in [-0.25, -0.2) is 0 Å². The predicted octanol–water partition coefficient (Wildman–Crippen LogP) is 0.862. The highest BCUT2D eigenvalue weighted by Gasteiger charge is 1.85. The van der Waals surface area contributed by atoms with Gasteiger partial charge in [0.15, 0.2) is 13.6 Å². The zero-order chi connectivity index (χ0) is 5.70. The highest BCUT2D eigenvalue weighted by atomic mass is 32.2. The second-order valence-electron chi connectivity index (χ2n) is 0.767. The van der Waals surface area contributed by atoms with Crippen LogP contribution in [0.2, 0.25) is 0 Å². The maximum absolute atomic E-state index is 9.63. The summed E-state index contributed by atoms with van der Waals surface area (Å²) in [5.41, 5.74) is 5.27. The summed E-state index contributed by atoms with van der Waals surface area (Å²) < 4.78 is 9.63. The molecule has 0 aromatic rings. The van der Waals surface area contributed by atoms with Gasteiger partial charge in [0, 0.05) is 0 Å². The smallest absolute Gasteiger partial charge is 0.166 e. The van der Waals surface area contributed by atoms with Crippen LogP contribution in [0, 0.1) is 5.41 Å². The Morgan fingerprint density at radius 2 is 2.57 bits per heavy atom. The van der Waals surface area contributed by atoms with Crippen LogP contribution in [0.1, 0.15) is 0 Å². The van der Waals surface area contributed by atoms with E-state index < -0.39 is 0 Å². The molecule has 0 bridgehead atoms. The topological polar surface area (TPSA) is 66.9 Å². The van der Waals surface area contributed by atoms with E-state index in [1.54, 1.807) is 0 Å². The summed E-state index contributed by atoms with van der Waals surface area (Å²) in [6.07, 6.45) is 0. The number of amidine groups is 1. The third-order valence-electron chi connectivity index (χ3n) is 0.273. The van der Waals surface area contributed by atoms with Gasteiger partial charge in [-0.3, -0.25) is 9.97 Å². The molecule has 0 aromatic heterocycles. The average molecular weight is 136 g/mol. The third kappa shape index (κ3) is 5.92. The summed E-state index contributed by atoms with van der Waals surface area (Å²) in [6, 6.07) is 0. The Bertz CT molecular complexity index is 85.8. The number of nitrogens with one attached hydrogen (secondary N) is 1. The molecule has 0 atom stereocenters. The number of thioether (sulfide) groups is 1. The van der Waals surface area contributed by atoms with Crippen LogP contribution in [0.25, 0.3) is 0 Å². The van der Waals surface area contributed by atoms with Crippen molar-refractivity contribution in [3.63, 3.8) is 0 Å². The minimum atomic E-state index is 0.0170. The molecule has 0 aliphatic rings. The monoisotopic (exact) mass is 136 g/mol.